The van der Waals surface area contributed by atoms with Crippen molar-refractivity contribution in [2.75, 3.05) is 13.9 Å². The Bertz CT molecular complexity index is 752. The van der Waals surface area contributed by atoms with Gasteiger partial charge < -0.3 is 18.9 Å². The second kappa shape index (κ2) is 5.92. The number of carbonyl (C=O) groups is 1. The Balaban J connectivity index is 1.73. The van der Waals surface area contributed by atoms with E-state index in [0.29, 0.717) is 6.42 Å². The van der Waals surface area contributed by atoms with Crippen molar-refractivity contribution in [1.29, 1.82) is 0 Å². The molecule has 0 amide bonds. The lowest BCUT2D eigenvalue weighted by Gasteiger charge is -2.37. The minimum absolute atomic E-state index is 0.0317. The lowest BCUT2D eigenvalue weighted by atomic mass is 9.65. The van der Waals surface area contributed by atoms with E-state index in [1.54, 1.807) is 13.2 Å². The smallest absolute Gasteiger partial charge is 0.231 e. The Morgan fingerprint density at radius 1 is 1.36 bits per heavy atom. The van der Waals surface area contributed by atoms with Gasteiger partial charge in [0, 0.05) is 24.5 Å². The molecule has 4 rings (SSSR count). The molecular formula is C20H22O5. The van der Waals surface area contributed by atoms with E-state index >= 15 is 0 Å². The number of allylic oxidation sites excluding steroid dienone is 2. The van der Waals surface area contributed by atoms with Gasteiger partial charge in [0.1, 0.15) is 18.0 Å². The van der Waals surface area contributed by atoms with Gasteiger partial charge in [-0.3, -0.25) is 4.79 Å². The summed E-state index contributed by atoms with van der Waals surface area (Å²) >= 11 is 0. The summed E-state index contributed by atoms with van der Waals surface area (Å²) in [5.74, 6) is 2.38. The van der Waals surface area contributed by atoms with Crippen LogP contribution in [-0.4, -0.2) is 25.8 Å². The van der Waals surface area contributed by atoms with Crippen molar-refractivity contribution in [3.05, 3.63) is 48.3 Å². The SMILES string of the molecule is C=CC[C@]12C[C@H](OC)C(=O)C=C1O[C@@H](c1ccc3c(c1)OCO3)[C@H]2C. The van der Waals surface area contributed by atoms with Crippen molar-refractivity contribution < 1.29 is 23.7 Å². The number of benzene rings is 1. The van der Waals surface area contributed by atoms with Gasteiger partial charge in [-0.15, -0.1) is 6.58 Å². The van der Waals surface area contributed by atoms with Crippen molar-refractivity contribution >= 4 is 5.78 Å². The van der Waals surface area contributed by atoms with Gasteiger partial charge in [0.15, 0.2) is 17.3 Å². The maximum atomic E-state index is 12.3. The summed E-state index contributed by atoms with van der Waals surface area (Å²) in [5, 5.41) is 0. The number of rotatable bonds is 4. The summed E-state index contributed by atoms with van der Waals surface area (Å²) in [6.07, 6.45) is 4.30. The second-order valence-electron chi connectivity index (χ2n) is 6.93. The third-order valence-corrected chi connectivity index (χ3v) is 5.73. The zero-order valence-corrected chi connectivity index (χ0v) is 14.5. The first-order chi connectivity index (χ1) is 12.1. The molecule has 0 unspecified atom stereocenters. The average molecular weight is 342 g/mol. The Morgan fingerprint density at radius 2 is 2.16 bits per heavy atom. The van der Waals surface area contributed by atoms with Gasteiger partial charge >= 0.3 is 0 Å². The summed E-state index contributed by atoms with van der Waals surface area (Å²) in [6.45, 7) is 6.33. The summed E-state index contributed by atoms with van der Waals surface area (Å²) in [4.78, 5) is 12.3. The van der Waals surface area contributed by atoms with Crippen LogP contribution in [0.25, 0.3) is 0 Å². The van der Waals surface area contributed by atoms with Crippen molar-refractivity contribution in [1.82, 2.24) is 0 Å². The topological polar surface area (TPSA) is 54.0 Å². The molecule has 1 fully saturated rings. The molecule has 1 aromatic rings. The first kappa shape index (κ1) is 16.2. The van der Waals surface area contributed by atoms with Crippen LogP contribution in [0.1, 0.15) is 31.4 Å². The third-order valence-electron chi connectivity index (χ3n) is 5.73. The summed E-state index contributed by atoms with van der Waals surface area (Å²) < 4.78 is 22.6. The standard InChI is InChI=1S/C20H22O5/c1-4-7-20-10-17(22-3)14(21)9-18(20)25-19(12(20)2)13-5-6-15-16(8-13)24-11-23-15/h4-6,8-9,12,17,19H,1,7,10-11H2,2-3H3/t12-,17+,19-,20-/m1/s1. The van der Waals surface area contributed by atoms with Crippen LogP contribution in [0.5, 0.6) is 11.5 Å². The van der Waals surface area contributed by atoms with Crippen LogP contribution in [0.2, 0.25) is 0 Å². The zero-order chi connectivity index (χ0) is 17.6. The fraction of sp³-hybridized carbons (Fsp3) is 0.450. The molecule has 5 heteroatoms. The molecule has 132 valence electrons. The molecule has 0 saturated carbocycles. The Morgan fingerprint density at radius 3 is 2.92 bits per heavy atom. The van der Waals surface area contributed by atoms with E-state index in [-0.39, 0.29) is 30.0 Å². The number of ketones is 1. The average Bonchev–Trinajstić information content (AvgIpc) is 3.18. The first-order valence-electron chi connectivity index (χ1n) is 8.55. The molecule has 2 heterocycles. The van der Waals surface area contributed by atoms with Gasteiger partial charge in [-0.2, -0.15) is 0 Å². The summed E-state index contributed by atoms with van der Waals surface area (Å²) in [6, 6.07) is 5.88. The van der Waals surface area contributed by atoms with Crippen molar-refractivity contribution in [3.8, 4) is 11.5 Å². The predicted molar refractivity (Wildman–Crippen MR) is 91.3 cm³/mol. The molecule has 0 aromatic heterocycles. The molecule has 2 aliphatic heterocycles. The number of hydrogen-bond acceptors (Lipinski definition) is 5. The van der Waals surface area contributed by atoms with Crippen LogP contribution < -0.4 is 9.47 Å². The van der Waals surface area contributed by atoms with Crippen molar-refractivity contribution in [2.45, 2.75) is 32.0 Å². The summed E-state index contributed by atoms with van der Waals surface area (Å²) in [5.41, 5.74) is 0.758. The van der Waals surface area contributed by atoms with Gasteiger partial charge in [0.25, 0.3) is 0 Å². The van der Waals surface area contributed by atoms with Crippen LogP contribution in [0, 0.1) is 11.3 Å². The van der Waals surface area contributed by atoms with Gasteiger partial charge in [-0.25, -0.2) is 0 Å². The van der Waals surface area contributed by atoms with Crippen molar-refractivity contribution in [3.63, 3.8) is 0 Å². The monoisotopic (exact) mass is 342 g/mol. The zero-order valence-electron chi connectivity index (χ0n) is 14.5. The normalized spacial score (nSPS) is 32.8. The Labute approximate surface area is 147 Å². The quantitative estimate of drug-likeness (QED) is 0.783. The minimum atomic E-state index is -0.426. The van der Waals surface area contributed by atoms with Gasteiger partial charge in [0.2, 0.25) is 6.79 Å². The van der Waals surface area contributed by atoms with E-state index in [4.69, 9.17) is 18.9 Å². The first-order valence-corrected chi connectivity index (χ1v) is 8.55. The molecule has 0 bridgehead atoms. The third kappa shape index (κ3) is 2.37. The van der Waals surface area contributed by atoms with E-state index in [1.807, 2.05) is 24.3 Å². The van der Waals surface area contributed by atoms with Crippen LogP contribution in [0.3, 0.4) is 0 Å². The van der Waals surface area contributed by atoms with E-state index in [9.17, 15) is 4.79 Å². The van der Waals surface area contributed by atoms with Gasteiger partial charge in [-0.05, 0) is 30.5 Å². The molecule has 25 heavy (non-hydrogen) atoms. The van der Waals surface area contributed by atoms with Gasteiger partial charge in [-0.1, -0.05) is 19.1 Å². The molecule has 4 atom stereocenters. The maximum absolute atomic E-state index is 12.3. The number of hydrogen-bond donors (Lipinski definition) is 0. The second-order valence-corrected chi connectivity index (χ2v) is 6.93. The van der Waals surface area contributed by atoms with Crippen LogP contribution in [-0.2, 0) is 14.3 Å². The highest BCUT2D eigenvalue weighted by Gasteiger charge is 2.55. The predicted octanol–water partition coefficient (Wildman–Crippen LogP) is 3.56. The molecule has 1 aromatic carbocycles. The number of fused-ring (bicyclic) bond motifs is 2. The molecule has 0 spiro atoms. The number of methoxy groups -OCH3 is 1. The maximum Gasteiger partial charge on any atom is 0.231 e. The molecular weight excluding hydrogens is 320 g/mol. The molecule has 0 N–H and O–H groups in total. The highest BCUT2D eigenvalue weighted by Crippen LogP contribution is 2.59. The van der Waals surface area contributed by atoms with E-state index in [0.717, 1.165) is 29.2 Å². The Hall–Kier alpha value is -2.27. The van der Waals surface area contributed by atoms with Crippen LogP contribution in [0.15, 0.2) is 42.7 Å². The fourth-order valence-electron chi connectivity index (χ4n) is 4.26. The lowest BCUT2D eigenvalue weighted by molar-refractivity contribution is -0.127. The molecule has 0 radical (unpaired) electrons. The van der Waals surface area contributed by atoms with Crippen LogP contribution in [0.4, 0.5) is 0 Å². The number of ether oxygens (including phenoxy) is 4. The molecule has 1 saturated heterocycles. The lowest BCUT2D eigenvalue weighted by Crippen LogP contribution is -2.39. The van der Waals surface area contributed by atoms with E-state index in [1.165, 1.54) is 0 Å². The molecule has 5 nitrogen and oxygen atoms in total. The van der Waals surface area contributed by atoms with E-state index < -0.39 is 6.10 Å². The molecule has 1 aliphatic carbocycles. The minimum Gasteiger partial charge on any atom is -0.489 e. The van der Waals surface area contributed by atoms with Crippen LogP contribution >= 0.6 is 0 Å². The van der Waals surface area contributed by atoms with E-state index in [2.05, 4.69) is 13.5 Å². The number of carbonyl (C=O) groups excluding carboxylic acids is 1. The highest BCUT2D eigenvalue weighted by atomic mass is 16.7. The largest absolute Gasteiger partial charge is 0.489 e. The fourth-order valence-corrected chi connectivity index (χ4v) is 4.26. The van der Waals surface area contributed by atoms with Gasteiger partial charge in [0.05, 0.1) is 0 Å². The van der Waals surface area contributed by atoms with Crippen molar-refractivity contribution in [2.24, 2.45) is 11.3 Å². The highest BCUT2D eigenvalue weighted by molar-refractivity contribution is 5.95. The Kier molecular flexibility index (Phi) is 3.84. The molecule has 3 aliphatic rings. The summed E-state index contributed by atoms with van der Waals surface area (Å²) in [7, 11) is 1.58.